The van der Waals surface area contributed by atoms with Crippen LogP contribution in [-0.4, -0.2) is 32.8 Å². The summed E-state index contributed by atoms with van der Waals surface area (Å²) in [6, 6.07) is 4.30. The Balaban J connectivity index is 1.48. The Morgan fingerprint density at radius 3 is 2.62 bits per heavy atom. The van der Waals surface area contributed by atoms with E-state index in [4.69, 9.17) is 0 Å². The predicted octanol–water partition coefficient (Wildman–Crippen LogP) is 3.27. The summed E-state index contributed by atoms with van der Waals surface area (Å²) in [6.07, 6.45) is 7.00. The number of aromatic nitrogens is 4. The zero-order chi connectivity index (χ0) is 18.1. The molecule has 2 aliphatic rings. The Morgan fingerprint density at radius 2 is 1.88 bits per heavy atom. The largest absolute Gasteiger partial charge is 0.357 e. The maximum absolute atomic E-state index is 9.24. The van der Waals surface area contributed by atoms with Gasteiger partial charge in [0.2, 0.25) is 0 Å². The summed E-state index contributed by atoms with van der Waals surface area (Å²) in [7, 11) is 0. The lowest BCUT2D eigenvalue weighted by molar-refractivity contribution is 0.458. The van der Waals surface area contributed by atoms with Crippen molar-refractivity contribution in [3.63, 3.8) is 0 Å². The highest BCUT2D eigenvalue weighted by Gasteiger charge is 2.27. The van der Waals surface area contributed by atoms with E-state index in [1.54, 1.807) is 0 Å². The number of nitriles is 1. The zero-order valence-electron chi connectivity index (χ0n) is 15.7. The van der Waals surface area contributed by atoms with Crippen molar-refractivity contribution in [3.05, 3.63) is 34.5 Å². The van der Waals surface area contributed by atoms with Gasteiger partial charge in [0.05, 0.1) is 11.3 Å². The molecule has 6 nitrogen and oxygen atoms in total. The zero-order valence-corrected chi connectivity index (χ0v) is 15.7. The molecule has 0 aromatic carbocycles. The van der Waals surface area contributed by atoms with Gasteiger partial charge >= 0.3 is 0 Å². The topological polar surface area (TPSA) is 70.6 Å². The molecule has 4 rings (SSSR count). The first-order chi connectivity index (χ1) is 12.7. The Morgan fingerprint density at radius 1 is 1.08 bits per heavy atom. The first-order valence-corrected chi connectivity index (χ1v) is 9.72. The van der Waals surface area contributed by atoms with Crippen LogP contribution in [0.5, 0.6) is 0 Å². The fraction of sp³-hybridized carbons (Fsp3) is 0.600. The molecule has 1 saturated heterocycles. The van der Waals surface area contributed by atoms with Gasteiger partial charge in [0.1, 0.15) is 23.5 Å². The van der Waals surface area contributed by atoms with Gasteiger partial charge in [0.15, 0.2) is 0 Å². The average Bonchev–Trinajstić information content (AvgIpc) is 2.90. The van der Waals surface area contributed by atoms with Crippen LogP contribution in [0.25, 0.3) is 0 Å². The van der Waals surface area contributed by atoms with E-state index in [1.807, 2.05) is 13.8 Å². The lowest BCUT2D eigenvalue weighted by Gasteiger charge is -2.33. The van der Waals surface area contributed by atoms with E-state index in [0.29, 0.717) is 11.5 Å². The molecule has 0 radical (unpaired) electrons. The van der Waals surface area contributed by atoms with Gasteiger partial charge in [0.25, 0.3) is 0 Å². The van der Waals surface area contributed by atoms with Crippen LogP contribution in [-0.2, 0) is 13.0 Å². The second-order valence-electron chi connectivity index (χ2n) is 7.57. The molecule has 0 unspecified atom stereocenters. The van der Waals surface area contributed by atoms with Crippen molar-refractivity contribution in [2.24, 2.45) is 0 Å². The third kappa shape index (κ3) is 3.07. The van der Waals surface area contributed by atoms with Crippen molar-refractivity contribution in [3.8, 4) is 6.07 Å². The SMILES string of the molecule is Cc1cc(N2CCC(c3nnc4n3CCCCC4)CC2)nc(C)c1C#N. The van der Waals surface area contributed by atoms with Crippen LogP contribution in [0.4, 0.5) is 5.82 Å². The highest BCUT2D eigenvalue weighted by Crippen LogP contribution is 2.31. The molecule has 0 amide bonds. The fourth-order valence-corrected chi connectivity index (χ4v) is 4.32. The summed E-state index contributed by atoms with van der Waals surface area (Å²) in [6.45, 7) is 6.95. The lowest BCUT2D eigenvalue weighted by Crippen LogP contribution is -2.34. The van der Waals surface area contributed by atoms with E-state index in [9.17, 15) is 5.26 Å². The quantitative estimate of drug-likeness (QED) is 0.831. The standard InChI is InChI=1S/C20H26N6/c1-14-12-19(22-15(2)17(14)13-21)25-10-7-16(8-11-25)20-24-23-18-6-4-3-5-9-26(18)20/h12,16H,3-11H2,1-2H3. The summed E-state index contributed by atoms with van der Waals surface area (Å²) in [5.41, 5.74) is 2.54. The molecule has 0 bridgehead atoms. The Bertz CT molecular complexity index is 815. The number of piperidine rings is 1. The molecule has 2 aromatic heterocycles. The van der Waals surface area contributed by atoms with E-state index < -0.39 is 0 Å². The minimum atomic E-state index is 0.492. The molecule has 2 aromatic rings. The van der Waals surface area contributed by atoms with Gasteiger partial charge in [-0.3, -0.25) is 0 Å². The minimum absolute atomic E-state index is 0.492. The number of fused-ring (bicyclic) bond motifs is 1. The van der Waals surface area contributed by atoms with E-state index in [1.165, 1.54) is 30.9 Å². The number of hydrogen-bond acceptors (Lipinski definition) is 5. The molecule has 0 N–H and O–H groups in total. The normalized spacial score (nSPS) is 18.3. The molecule has 4 heterocycles. The molecular formula is C20H26N6. The van der Waals surface area contributed by atoms with Gasteiger partial charge in [-0.05, 0) is 51.2 Å². The molecule has 0 aliphatic carbocycles. The third-order valence-electron chi connectivity index (χ3n) is 5.82. The summed E-state index contributed by atoms with van der Waals surface area (Å²) in [5, 5.41) is 18.3. The van der Waals surface area contributed by atoms with Gasteiger partial charge in [-0.2, -0.15) is 5.26 Å². The highest BCUT2D eigenvalue weighted by atomic mass is 15.3. The number of pyridine rings is 1. The van der Waals surface area contributed by atoms with Crippen molar-refractivity contribution in [1.82, 2.24) is 19.7 Å². The average molecular weight is 350 g/mol. The molecule has 0 spiro atoms. The van der Waals surface area contributed by atoms with Gasteiger partial charge in [0, 0.05) is 32.0 Å². The molecule has 26 heavy (non-hydrogen) atoms. The molecule has 0 saturated carbocycles. The summed E-state index contributed by atoms with van der Waals surface area (Å²) < 4.78 is 2.39. The molecule has 136 valence electrons. The molecular weight excluding hydrogens is 324 g/mol. The van der Waals surface area contributed by atoms with E-state index >= 15 is 0 Å². The van der Waals surface area contributed by atoms with Gasteiger partial charge in [-0.15, -0.1) is 10.2 Å². The fourth-order valence-electron chi connectivity index (χ4n) is 4.32. The summed E-state index contributed by atoms with van der Waals surface area (Å²) in [4.78, 5) is 7.01. The molecule has 2 aliphatic heterocycles. The number of anilines is 1. The van der Waals surface area contributed by atoms with Crippen molar-refractivity contribution in [2.75, 3.05) is 18.0 Å². The van der Waals surface area contributed by atoms with Crippen molar-refractivity contribution < 1.29 is 0 Å². The Hall–Kier alpha value is -2.42. The monoisotopic (exact) mass is 350 g/mol. The van der Waals surface area contributed by atoms with Gasteiger partial charge in [-0.1, -0.05) is 6.42 Å². The number of aryl methyl sites for hydroxylation is 3. The van der Waals surface area contributed by atoms with E-state index in [-0.39, 0.29) is 0 Å². The lowest BCUT2D eigenvalue weighted by atomic mass is 9.95. The van der Waals surface area contributed by atoms with Gasteiger partial charge < -0.3 is 9.47 Å². The highest BCUT2D eigenvalue weighted by molar-refractivity contribution is 5.50. The van der Waals surface area contributed by atoms with Crippen LogP contribution < -0.4 is 4.90 Å². The van der Waals surface area contributed by atoms with Crippen LogP contribution >= 0.6 is 0 Å². The second kappa shape index (κ2) is 7.06. The number of rotatable bonds is 2. The smallest absolute Gasteiger partial charge is 0.136 e. The maximum atomic E-state index is 9.24. The van der Waals surface area contributed by atoms with Crippen LogP contribution in [0.1, 0.15) is 66.5 Å². The molecule has 1 fully saturated rings. The molecule has 6 heteroatoms. The van der Waals surface area contributed by atoms with Crippen LogP contribution in [0, 0.1) is 25.2 Å². The number of hydrogen-bond donors (Lipinski definition) is 0. The van der Waals surface area contributed by atoms with Crippen LogP contribution in [0.2, 0.25) is 0 Å². The van der Waals surface area contributed by atoms with Crippen LogP contribution in [0.15, 0.2) is 6.07 Å². The molecule has 0 atom stereocenters. The first kappa shape index (κ1) is 17.0. The first-order valence-electron chi connectivity index (χ1n) is 9.72. The second-order valence-corrected chi connectivity index (χ2v) is 7.57. The van der Waals surface area contributed by atoms with E-state index in [2.05, 4.69) is 36.8 Å². The Labute approximate surface area is 154 Å². The van der Waals surface area contributed by atoms with Gasteiger partial charge in [-0.25, -0.2) is 4.98 Å². The maximum Gasteiger partial charge on any atom is 0.136 e. The van der Waals surface area contributed by atoms with Crippen molar-refractivity contribution in [2.45, 2.75) is 64.8 Å². The summed E-state index contributed by atoms with van der Waals surface area (Å²) in [5.74, 6) is 3.87. The summed E-state index contributed by atoms with van der Waals surface area (Å²) >= 11 is 0. The van der Waals surface area contributed by atoms with E-state index in [0.717, 1.165) is 56.0 Å². The van der Waals surface area contributed by atoms with Crippen molar-refractivity contribution >= 4 is 5.82 Å². The van der Waals surface area contributed by atoms with Crippen LogP contribution in [0.3, 0.4) is 0 Å². The Kier molecular flexibility index (Phi) is 4.62. The minimum Gasteiger partial charge on any atom is -0.357 e. The predicted molar refractivity (Wildman–Crippen MR) is 100 cm³/mol. The third-order valence-corrected chi connectivity index (χ3v) is 5.82. The van der Waals surface area contributed by atoms with Crippen molar-refractivity contribution in [1.29, 1.82) is 5.26 Å². The number of nitrogens with zero attached hydrogens (tertiary/aromatic N) is 6.